The molecule has 6 rings (SSSR count). The molecule has 244 valence electrons. The van der Waals surface area contributed by atoms with Crippen molar-refractivity contribution in [2.24, 2.45) is 9.98 Å². The summed E-state index contributed by atoms with van der Waals surface area (Å²) >= 11 is 0. The van der Waals surface area contributed by atoms with Gasteiger partial charge in [-0.25, -0.2) is 0 Å². The zero-order valence-electron chi connectivity index (χ0n) is 28.0. The Labute approximate surface area is 288 Å². The third kappa shape index (κ3) is 8.62. The average Bonchev–Trinajstić information content (AvgIpc) is 3.15. The van der Waals surface area contributed by atoms with E-state index >= 15 is 0 Å². The highest BCUT2D eigenvalue weighted by molar-refractivity contribution is 5.82. The molecular formula is C43H38N2O4. The van der Waals surface area contributed by atoms with E-state index in [0.717, 1.165) is 57.0 Å². The fourth-order valence-electron chi connectivity index (χ4n) is 5.20. The molecule has 0 bridgehead atoms. The van der Waals surface area contributed by atoms with Gasteiger partial charge in [-0.3, -0.25) is 9.98 Å². The molecule has 0 unspecified atom stereocenters. The Morgan fingerprint density at radius 3 is 0.980 bits per heavy atom. The molecule has 0 spiro atoms. The molecule has 6 aromatic rings. The fraction of sp³-hybridized carbons (Fsp3) is 0.116. The Morgan fingerprint density at radius 1 is 0.388 bits per heavy atom. The largest absolute Gasteiger partial charge is 0.497 e. The molecule has 0 amide bonds. The minimum atomic E-state index is -0.218. The second kappa shape index (κ2) is 15.2. The number of rotatable bonds is 12. The van der Waals surface area contributed by atoms with Crippen LogP contribution in [0.4, 0.5) is 11.4 Å². The Kier molecular flexibility index (Phi) is 10.2. The number of ether oxygens (including phenoxy) is 4. The quantitative estimate of drug-likeness (QED) is 0.124. The van der Waals surface area contributed by atoms with Gasteiger partial charge >= 0.3 is 0 Å². The smallest absolute Gasteiger partial charge is 0.127 e. The minimum Gasteiger partial charge on any atom is -0.497 e. The van der Waals surface area contributed by atoms with Gasteiger partial charge in [-0.05, 0) is 144 Å². The first-order valence-electron chi connectivity index (χ1n) is 16.0. The van der Waals surface area contributed by atoms with Gasteiger partial charge in [0.05, 0.1) is 25.6 Å². The Balaban J connectivity index is 1.03. The second-order valence-electron chi connectivity index (χ2n) is 11.9. The molecule has 0 saturated heterocycles. The van der Waals surface area contributed by atoms with Crippen molar-refractivity contribution in [2.45, 2.75) is 19.3 Å². The Morgan fingerprint density at radius 2 is 0.673 bits per heavy atom. The van der Waals surface area contributed by atoms with Gasteiger partial charge in [-0.2, -0.15) is 0 Å². The van der Waals surface area contributed by atoms with E-state index in [0.29, 0.717) is 0 Å². The standard InChI is InChI=1S/C43H38N2O4/c1-43(2,33-9-21-39(22-10-33)48-41-25-13-35(14-26-41)44-29-31-5-17-37(46-3)18-6-31)34-11-23-40(24-12-34)49-42-27-15-36(16-28-42)45-30-32-7-19-38(47-4)20-8-32/h5-30H,1-4H3. The molecule has 0 aliphatic rings. The SMILES string of the molecule is COc1ccc(C=Nc2ccc(Oc3ccc(C(C)(C)c4ccc(Oc5ccc(N=Cc6ccc(OC)cc6)cc5)cc4)cc3)cc2)cc1. The second-order valence-corrected chi connectivity index (χ2v) is 11.9. The van der Waals surface area contributed by atoms with Gasteiger partial charge in [0.1, 0.15) is 34.5 Å². The van der Waals surface area contributed by atoms with Crippen LogP contribution in [0.3, 0.4) is 0 Å². The number of hydrogen-bond acceptors (Lipinski definition) is 6. The van der Waals surface area contributed by atoms with Crippen LogP contribution in [0.5, 0.6) is 34.5 Å². The molecule has 0 heterocycles. The molecule has 0 fully saturated rings. The maximum Gasteiger partial charge on any atom is 0.127 e. The first-order valence-corrected chi connectivity index (χ1v) is 16.0. The van der Waals surface area contributed by atoms with Gasteiger partial charge in [0.2, 0.25) is 0 Å². The predicted molar refractivity (Wildman–Crippen MR) is 199 cm³/mol. The van der Waals surface area contributed by atoms with Crippen molar-refractivity contribution in [3.63, 3.8) is 0 Å². The van der Waals surface area contributed by atoms with Crippen LogP contribution in [0.25, 0.3) is 0 Å². The Bertz CT molecular complexity index is 1850. The summed E-state index contributed by atoms with van der Waals surface area (Å²) in [4.78, 5) is 9.12. The summed E-state index contributed by atoms with van der Waals surface area (Å²) < 4.78 is 22.7. The van der Waals surface area contributed by atoms with E-state index in [-0.39, 0.29) is 5.41 Å². The lowest BCUT2D eigenvalue weighted by molar-refractivity contribution is 0.414. The molecule has 0 saturated carbocycles. The third-order valence-electron chi connectivity index (χ3n) is 8.25. The number of aliphatic imine (C=N–C) groups is 2. The van der Waals surface area contributed by atoms with Gasteiger partial charge in [0.25, 0.3) is 0 Å². The molecular weight excluding hydrogens is 608 g/mol. The summed E-state index contributed by atoms with van der Waals surface area (Å²) in [6.45, 7) is 4.43. The van der Waals surface area contributed by atoms with Gasteiger partial charge in [0.15, 0.2) is 0 Å². The summed E-state index contributed by atoms with van der Waals surface area (Å²) in [5.74, 6) is 4.69. The molecule has 0 aromatic heterocycles. The van der Waals surface area contributed by atoms with Crippen LogP contribution in [0.15, 0.2) is 156 Å². The van der Waals surface area contributed by atoms with Crippen molar-refractivity contribution in [1.82, 2.24) is 0 Å². The molecule has 6 heteroatoms. The molecule has 0 aliphatic heterocycles. The summed E-state index contributed by atoms with van der Waals surface area (Å²) in [7, 11) is 3.31. The van der Waals surface area contributed by atoms with E-state index in [4.69, 9.17) is 18.9 Å². The number of nitrogens with zero attached hydrogens (tertiary/aromatic N) is 2. The molecule has 0 radical (unpaired) electrons. The summed E-state index contributed by atoms with van der Waals surface area (Å²) in [5, 5.41) is 0. The summed E-state index contributed by atoms with van der Waals surface area (Å²) in [6, 6.07) is 47.5. The van der Waals surface area contributed by atoms with E-state index in [9.17, 15) is 0 Å². The number of hydrogen-bond donors (Lipinski definition) is 0. The normalized spacial score (nSPS) is 11.5. The first kappa shape index (κ1) is 32.8. The van der Waals surface area contributed by atoms with Crippen LogP contribution in [0.1, 0.15) is 36.1 Å². The summed E-state index contributed by atoms with van der Waals surface area (Å²) in [5.41, 5.74) is 5.85. The van der Waals surface area contributed by atoms with Crippen molar-refractivity contribution in [3.8, 4) is 34.5 Å². The van der Waals surface area contributed by atoms with Crippen molar-refractivity contribution < 1.29 is 18.9 Å². The molecule has 0 N–H and O–H groups in total. The van der Waals surface area contributed by atoms with E-state index in [1.165, 1.54) is 11.1 Å². The highest BCUT2D eigenvalue weighted by atomic mass is 16.5. The molecule has 49 heavy (non-hydrogen) atoms. The highest BCUT2D eigenvalue weighted by Gasteiger charge is 2.23. The van der Waals surface area contributed by atoms with Crippen molar-refractivity contribution in [3.05, 3.63) is 168 Å². The van der Waals surface area contributed by atoms with Crippen LogP contribution in [0, 0.1) is 0 Å². The molecule has 0 atom stereocenters. The van der Waals surface area contributed by atoms with E-state index in [1.54, 1.807) is 14.2 Å². The third-order valence-corrected chi connectivity index (χ3v) is 8.25. The van der Waals surface area contributed by atoms with Crippen molar-refractivity contribution in [2.75, 3.05) is 14.2 Å². The minimum absolute atomic E-state index is 0.218. The molecule has 0 aliphatic carbocycles. The molecule has 6 nitrogen and oxygen atoms in total. The zero-order valence-corrected chi connectivity index (χ0v) is 28.0. The summed E-state index contributed by atoms with van der Waals surface area (Å²) in [6.07, 6.45) is 3.66. The van der Waals surface area contributed by atoms with Crippen molar-refractivity contribution in [1.29, 1.82) is 0 Å². The van der Waals surface area contributed by atoms with Gasteiger partial charge in [0, 0.05) is 17.8 Å². The topological polar surface area (TPSA) is 61.6 Å². The van der Waals surface area contributed by atoms with Crippen LogP contribution in [0.2, 0.25) is 0 Å². The van der Waals surface area contributed by atoms with Crippen LogP contribution in [-0.2, 0) is 5.41 Å². The maximum atomic E-state index is 6.12. The number of methoxy groups -OCH3 is 2. The highest BCUT2D eigenvalue weighted by Crippen LogP contribution is 2.35. The zero-order chi connectivity index (χ0) is 34.1. The fourth-order valence-corrected chi connectivity index (χ4v) is 5.20. The lowest BCUT2D eigenvalue weighted by atomic mass is 9.78. The maximum absolute atomic E-state index is 6.12. The van der Waals surface area contributed by atoms with Crippen LogP contribution in [-0.4, -0.2) is 26.6 Å². The van der Waals surface area contributed by atoms with E-state index in [1.807, 2.05) is 134 Å². The van der Waals surface area contributed by atoms with Gasteiger partial charge < -0.3 is 18.9 Å². The monoisotopic (exact) mass is 646 g/mol. The van der Waals surface area contributed by atoms with Crippen molar-refractivity contribution >= 4 is 23.8 Å². The van der Waals surface area contributed by atoms with Crippen LogP contribution < -0.4 is 18.9 Å². The lowest BCUT2D eigenvalue weighted by Crippen LogP contribution is -2.18. The van der Waals surface area contributed by atoms with E-state index < -0.39 is 0 Å². The number of benzene rings is 6. The average molecular weight is 647 g/mol. The Hall–Kier alpha value is -6.14. The predicted octanol–water partition coefficient (Wildman–Crippen LogP) is 11.1. The lowest BCUT2D eigenvalue weighted by Gasteiger charge is -2.26. The van der Waals surface area contributed by atoms with Crippen LogP contribution >= 0.6 is 0 Å². The van der Waals surface area contributed by atoms with E-state index in [2.05, 4.69) is 48.1 Å². The van der Waals surface area contributed by atoms with Gasteiger partial charge in [-0.1, -0.05) is 38.1 Å². The van der Waals surface area contributed by atoms with Gasteiger partial charge in [-0.15, -0.1) is 0 Å². The first-order chi connectivity index (χ1) is 23.9. The molecule has 6 aromatic carbocycles.